The van der Waals surface area contributed by atoms with Gasteiger partial charge in [-0.3, -0.25) is 15.0 Å². The Hall–Kier alpha value is -1.89. The van der Waals surface area contributed by atoms with Gasteiger partial charge in [0.2, 0.25) is 5.91 Å². The summed E-state index contributed by atoms with van der Waals surface area (Å²) in [4.78, 5) is 35.3. The van der Waals surface area contributed by atoms with Gasteiger partial charge in [0, 0.05) is 23.1 Å². The van der Waals surface area contributed by atoms with E-state index in [1.54, 1.807) is 13.0 Å². The summed E-state index contributed by atoms with van der Waals surface area (Å²) >= 11 is 3.18. The fourth-order valence-corrected chi connectivity index (χ4v) is 2.54. The highest BCUT2D eigenvalue weighted by Crippen LogP contribution is 2.29. The van der Waals surface area contributed by atoms with Crippen LogP contribution in [0.1, 0.15) is 22.3 Å². The third kappa shape index (κ3) is 2.60. The highest BCUT2D eigenvalue weighted by atomic mass is 79.9. The van der Waals surface area contributed by atoms with Crippen LogP contribution in [0.2, 0.25) is 0 Å². The number of carboxylic acids is 1. The second-order valence-electron chi connectivity index (χ2n) is 4.18. The van der Waals surface area contributed by atoms with Gasteiger partial charge < -0.3 is 5.11 Å². The molecule has 0 radical (unpaired) electrons. The lowest BCUT2D eigenvalue weighted by atomic mass is 10.1. The summed E-state index contributed by atoms with van der Waals surface area (Å²) in [5, 5.41) is 11.3. The summed E-state index contributed by atoms with van der Waals surface area (Å²) in [6.45, 7) is 2.02. The molecule has 1 aromatic rings. The third-order valence-electron chi connectivity index (χ3n) is 2.86. The van der Waals surface area contributed by atoms with Crippen LogP contribution in [0.4, 0.5) is 10.5 Å². The third-order valence-corrected chi connectivity index (χ3v) is 3.52. The molecule has 1 fully saturated rings. The predicted octanol–water partition coefficient (Wildman–Crippen LogP) is 1.90. The molecule has 0 bridgehead atoms. The number of benzene rings is 1. The summed E-state index contributed by atoms with van der Waals surface area (Å²) in [6.07, 6.45) is 0.198. The first kappa shape index (κ1) is 13.5. The summed E-state index contributed by atoms with van der Waals surface area (Å²) in [6, 6.07) is 2.54. The molecule has 7 heteroatoms. The first-order valence-corrected chi connectivity index (χ1v) is 6.34. The van der Waals surface area contributed by atoms with Crippen LogP contribution < -0.4 is 10.2 Å². The van der Waals surface area contributed by atoms with E-state index in [2.05, 4.69) is 21.2 Å². The van der Waals surface area contributed by atoms with E-state index >= 15 is 0 Å². The minimum Gasteiger partial charge on any atom is -0.478 e. The van der Waals surface area contributed by atoms with E-state index in [-0.39, 0.29) is 24.4 Å². The fourth-order valence-electron chi connectivity index (χ4n) is 1.91. The lowest BCUT2D eigenvalue weighted by Gasteiger charge is -2.28. The summed E-state index contributed by atoms with van der Waals surface area (Å²) in [7, 11) is 0. The quantitative estimate of drug-likeness (QED) is 0.869. The molecule has 2 N–H and O–H groups in total. The maximum absolute atomic E-state index is 11.8. The van der Waals surface area contributed by atoms with Gasteiger partial charge >= 0.3 is 12.0 Å². The Kier molecular flexibility index (Phi) is 3.57. The zero-order chi connectivity index (χ0) is 14.2. The van der Waals surface area contributed by atoms with Crippen LogP contribution in [0.25, 0.3) is 0 Å². The number of anilines is 1. The lowest BCUT2D eigenvalue weighted by molar-refractivity contribution is -0.120. The fraction of sp³-hybridized carbons (Fsp3) is 0.250. The van der Waals surface area contributed by atoms with Crippen molar-refractivity contribution < 1.29 is 19.5 Å². The van der Waals surface area contributed by atoms with Gasteiger partial charge in [0.1, 0.15) is 0 Å². The average Bonchev–Trinajstić information content (AvgIpc) is 2.30. The molecule has 0 spiro atoms. The number of aryl methyl sites for hydroxylation is 1. The van der Waals surface area contributed by atoms with Crippen LogP contribution in [-0.2, 0) is 4.79 Å². The number of hydrogen-bond donors (Lipinski definition) is 2. The number of amides is 3. The molecule has 100 valence electrons. The molecule has 1 aliphatic heterocycles. The van der Waals surface area contributed by atoms with Gasteiger partial charge in [0.15, 0.2) is 0 Å². The smallest absolute Gasteiger partial charge is 0.336 e. The summed E-state index contributed by atoms with van der Waals surface area (Å²) in [5.41, 5.74) is 1.32. The number of nitrogens with zero attached hydrogens (tertiary/aromatic N) is 1. The Morgan fingerprint density at radius 3 is 2.68 bits per heavy atom. The monoisotopic (exact) mass is 326 g/mol. The predicted molar refractivity (Wildman–Crippen MR) is 71.3 cm³/mol. The van der Waals surface area contributed by atoms with Crippen LogP contribution in [-0.4, -0.2) is 29.6 Å². The first-order valence-electron chi connectivity index (χ1n) is 5.55. The van der Waals surface area contributed by atoms with Crippen molar-refractivity contribution in [3.05, 3.63) is 27.7 Å². The maximum Gasteiger partial charge on any atom is 0.336 e. The van der Waals surface area contributed by atoms with E-state index in [4.69, 9.17) is 5.11 Å². The molecule has 0 aromatic heterocycles. The Morgan fingerprint density at radius 1 is 1.42 bits per heavy atom. The van der Waals surface area contributed by atoms with Crippen LogP contribution in [0.15, 0.2) is 16.6 Å². The molecule has 1 heterocycles. The number of aromatic carboxylic acids is 1. The molecular formula is C12H11BrN2O4. The highest BCUT2D eigenvalue weighted by molar-refractivity contribution is 9.10. The Morgan fingerprint density at radius 2 is 2.11 bits per heavy atom. The minimum atomic E-state index is -1.08. The lowest BCUT2D eigenvalue weighted by Crippen LogP contribution is -2.49. The van der Waals surface area contributed by atoms with Crippen molar-refractivity contribution in [1.82, 2.24) is 5.32 Å². The van der Waals surface area contributed by atoms with Gasteiger partial charge in [-0.15, -0.1) is 0 Å². The minimum absolute atomic E-state index is 0.0744. The SMILES string of the molecule is Cc1cc(Br)c(C(=O)O)cc1N1CCC(=O)NC1=O. The number of urea groups is 1. The molecule has 1 aliphatic rings. The van der Waals surface area contributed by atoms with Crippen molar-refractivity contribution >= 4 is 39.5 Å². The van der Waals surface area contributed by atoms with E-state index in [1.165, 1.54) is 11.0 Å². The van der Waals surface area contributed by atoms with Crippen molar-refractivity contribution in [1.29, 1.82) is 0 Å². The normalized spacial score (nSPS) is 15.4. The van der Waals surface area contributed by atoms with Gasteiger partial charge in [0.05, 0.1) is 5.56 Å². The zero-order valence-corrected chi connectivity index (χ0v) is 11.7. The van der Waals surface area contributed by atoms with Crippen molar-refractivity contribution in [2.75, 3.05) is 11.4 Å². The van der Waals surface area contributed by atoms with Crippen LogP contribution in [0, 0.1) is 6.92 Å². The standard InChI is InChI=1S/C12H11BrN2O4/c1-6-4-8(13)7(11(17)18)5-9(6)15-3-2-10(16)14-12(15)19/h4-5H,2-3H2,1H3,(H,17,18)(H,14,16,19). The number of carboxylic acid groups (broad SMARTS) is 1. The van der Waals surface area contributed by atoms with E-state index in [1.807, 2.05) is 0 Å². The first-order chi connectivity index (χ1) is 8.90. The molecule has 0 unspecified atom stereocenters. The number of carbonyl (C=O) groups excluding carboxylic acids is 2. The van der Waals surface area contributed by atoms with Crippen LogP contribution in [0.3, 0.4) is 0 Å². The van der Waals surface area contributed by atoms with E-state index in [9.17, 15) is 14.4 Å². The van der Waals surface area contributed by atoms with Gasteiger partial charge in [0.25, 0.3) is 0 Å². The Labute approximate surface area is 117 Å². The van der Waals surface area contributed by atoms with Crippen molar-refractivity contribution in [2.45, 2.75) is 13.3 Å². The van der Waals surface area contributed by atoms with Gasteiger partial charge in [-0.05, 0) is 40.5 Å². The number of rotatable bonds is 2. The van der Waals surface area contributed by atoms with E-state index in [0.717, 1.165) is 5.56 Å². The largest absolute Gasteiger partial charge is 0.478 e. The molecule has 2 rings (SSSR count). The van der Waals surface area contributed by atoms with Crippen molar-refractivity contribution in [3.63, 3.8) is 0 Å². The molecule has 1 saturated heterocycles. The molecule has 0 atom stereocenters. The van der Waals surface area contributed by atoms with E-state index < -0.39 is 12.0 Å². The van der Waals surface area contributed by atoms with Crippen LogP contribution in [0.5, 0.6) is 0 Å². The van der Waals surface area contributed by atoms with Gasteiger partial charge in [-0.2, -0.15) is 0 Å². The molecule has 19 heavy (non-hydrogen) atoms. The van der Waals surface area contributed by atoms with Gasteiger partial charge in [-0.1, -0.05) is 0 Å². The molecule has 3 amide bonds. The van der Waals surface area contributed by atoms with Crippen molar-refractivity contribution in [2.24, 2.45) is 0 Å². The molecular weight excluding hydrogens is 316 g/mol. The molecule has 0 saturated carbocycles. The summed E-state index contributed by atoms with van der Waals surface area (Å²) < 4.78 is 0.453. The second kappa shape index (κ2) is 5.00. The Bertz CT molecular complexity index is 585. The molecule has 6 nitrogen and oxygen atoms in total. The number of nitrogens with one attached hydrogen (secondary N) is 1. The summed E-state index contributed by atoms with van der Waals surface area (Å²) in [5.74, 6) is -1.41. The van der Waals surface area contributed by atoms with Gasteiger partial charge in [-0.25, -0.2) is 9.59 Å². The number of halogens is 1. The van der Waals surface area contributed by atoms with E-state index in [0.29, 0.717) is 10.2 Å². The maximum atomic E-state index is 11.8. The Balaban J connectivity index is 2.44. The number of hydrogen-bond acceptors (Lipinski definition) is 3. The molecule has 0 aliphatic carbocycles. The molecule has 1 aromatic carbocycles. The number of carbonyl (C=O) groups is 3. The number of imide groups is 1. The van der Waals surface area contributed by atoms with Crippen LogP contribution >= 0.6 is 15.9 Å². The zero-order valence-electron chi connectivity index (χ0n) is 10.1. The second-order valence-corrected chi connectivity index (χ2v) is 5.03. The van der Waals surface area contributed by atoms with Crippen molar-refractivity contribution in [3.8, 4) is 0 Å². The average molecular weight is 327 g/mol. The topological polar surface area (TPSA) is 86.7 Å². The highest BCUT2D eigenvalue weighted by Gasteiger charge is 2.26.